The molecule has 1 N–H and O–H groups in total. The maximum absolute atomic E-state index is 11.4. The molecule has 2 rings (SSSR count). The SMILES string of the molecule is CSc1cccc(Sc2ncc(C)cn2)c1C(=O)O. The molecule has 0 atom stereocenters. The van der Waals surface area contributed by atoms with Crippen molar-refractivity contribution < 1.29 is 9.90 Å². The number of carboxylic acid groups (broad SMARTS) is 1. The van der Waals surface area contributed by atoms with E-state index in [9.17, 15) is 9.90 Å². The first-order valence-electron chi connectivity index (χ1n) is 5.48. The van der Waals surface area contributed by atoms with Crippen molar-refractivity contribution in [3.63, 3.8) is 0 Å². The molecule has 0 saturated heterocycles. The molecule has 0 saturated carbocycles. The number of aryl methyl sites for hydroxylation is 1. The maximum atomic E-state index is 11.4. The summed E-state index contributed by atoms with van der Waals surface area (Å²) >= 11 is 2.68. The summed E-state index contributed by atoms with van der Waals surface area (Å²) in [6.45, 7) is 1.91. The number of carbonyl (C=O) groups is 1. The van der Waals surface area contributed by atoms with E-state index in [1.165, 1.54) is 23.5 Å². The molecule has 1 aromatic heterocycles. The van der Waals surface area contributed by atoms with Crippen LogP contribution in [0.5, 0.6) is 0 Å². The van der Waals surface area contributed by atoms with Crippen LogP contribution >= 0.6 is 23.5 Å². The fourth-order valence-electron chi connectivity index (χ4n) is 1.51. The Morgan fingerprint density at radius 1 is 1.21 bits per heavy atom. The fourth-order valence-corrected chi connectivity index (χ4v) is 3.04. The third kappa shape index (κ3) is 3.27. The Morgan fingerprint density at radius 2 is 1.84 bits per heavy atom. The van der Waals surface area contributed by atoms with Crippen LogP contribution in [0.1, 0.15) is 15.9 Å². The average Bonchev–Trinajstić information content (AvgIpc) is 2.40. The first kappa shape index (κ1) is 13.9. The highest BCUT2D eigenvalue weighted by atomic mass is 32.2. The van der Waals surface area contributed by atoms with E-state index >= 15 is 0 Å². The van der Waals surface area contributed by atoms with E-state index in [4.69, 9.17) is 0 Å². The predicted molar refractivity (Wildman–Crippen MR) is 76.1 cm³/mol. The molecule has 6 heteroatoms. The summed E-state index contributed by atoms with van der Waals surface area (Å²) in [6, 6.07) is 5.42. The number of nitrogens with zero attached hydrogens (tertiary/aromatic N) is 2. The van der Waals surface area contributed by atoms with Gasteiger partial charge >= 0.3 is 5.97 Å². The molecule has 0 spiro atoms. The van der Waals surface area contributed by atoms with Gasteiger partial charge in [0.25, 0.3) is 0 Å². The number of thioether (sulfide) groups is 1. The Morgan fingerprint density at radius 3 is 2.42 bits per heavy atom. The van der Waals surface area contributed by atoms with Crippen molar-refractivity contribution in [3.8, 4) is 0 Å². The van der Waals surface area contributed by atoms with Gasteiger partial charge in [0.2, 0.25) is 0 Å². The van der Waals surface area contributed by atoms with Crippen molar-refractivity contribution in [2.45, 2.75) is 21.9 Å². The summed E-state index contributed by atoms with van der Waals surface area (Å²) < 4.78 is 0. The molecule has 0 aliphatic rings. The van der Waals surface area contributed by atoms with Crippen molar-refractivity contribution in [1.82, 2.24) is 9.97 Å². The van der Waals surface area contributed by atoms with Crippen molar-refractivity contribution in [2.75, 3.05) is 6.26 Å². The lowest BCUT2D eigenvalue weighted by Gasteiger charge is -2.08. The van der Waals surface area contributed by atoms with E-state index in [0.29, 0.717) is 15.6 Å². The van der Waals surface area contributed by atoms with Gasteiger partial charge in [0, 0.05) is 22.2 Å². The fraction of sp³-hybridized carbons (Fsp3) is 0.154. The van der Waals surface area contributed by atoms with Gasteiger partial charge in [0.1, 0.15) is 0 Å². The molecule has 0 unspecified atom stereocenters. The standard InChI is InChI=1S/C13H12N2O2S2/c1-8-6-14-13(15-7-8)19-10-5-3-4-9(18-2)11(10)12(16)17/h3-7H,1-2H3,(H,16,17). The van der Waals surface area contributed by atoms with Gasteiger partial charge in [-0.3, -0.25) is 0 Å². The summed E-state index contributed by atoms with van der Waals surface area (Å²) in [7, 11) is 0. The highest BCUT2D eigenvalue weighted by Gasteiger charge is 2.16. The summed E-state index contributed by atoms with van der Waals surface area (Å²) in [6.07, 6.45) is 5.29. The molecule has 0 amide bonds. The number of aromatic carboxylic acids is 1. The third-order valence-electron chi connectivity index (χ3n) is 2.38. The van der Waals surface area contributed by atoms with E-state index in [0.717, 1.165) is 10.5 Å². The van der Waals surface area contributed by atoms with Crippen LogP contribution in [0, 0.1) is 6.92 Å². The van der Waals surface area contributed by atoms with Crippen molar-refractivity contribution in [2.24, 2.45) is 0 Å². The number of aromatic nitrogens is 2. The summed E-state index contributed by atoms with van der Waals surface area (Å²) in [5, 5.41) is 9.88. The lowest BCUT2D eigenvalue weighted by molar-refractivity contribution is 0.0689. The van der Waals surface area contributed by atoms with Crippen molar-refractivity contribution in [3.05, 3.63) is 41.7 Å². The van der Waals surface area contributed by atoms with Crippen molar-refractivity contribution >= 4 is 29.5 Å². The average molecular weight is 292 g/mol. The minimum atomic E-state index is -0.931. The van der Waals surface area contributed by atoms with E-state index in [2.05, 4.69) is 9.97 Å². The second-order valence-corrected chi connectivity index (χ2v) is 5.64. The molecule has 4 nitrogen and oxygen atoms in total. The number of hydrogen-bond donors (Lipinski definition) is 1. The first-order chi connectivity index (χ1) is 9.11. The molecule has 0 aliphatic carbocycles. The monoisotopic (exact) mass is 292 g/mol. The molecule has 0 bridgehead atoms. The van der Waals surface area contributed by atoms with Crippen LogP contribution in [0.4, 0.5) is 0 Å². The summed E-state index contributed by atoms with van der Waals surface area (Å²) in [5.41, 5.74) is 1.28. The zero-order chi connectivity index (χ0) is 13.8. The molecule has 19 heavy (non-hydrogen) atoms. The van der Waals surface area contributed by atoms with Crippen molar-refractivity contribution in [1.29, 1.82) is 0 Å². The molecule has 1 aromatic carbocycles. The number of benzene rings is 1. The summed E-state index contributed by atoms with van der Waals surface area (Å²) in [4.78, 5) is 21.1. The highest BCUT2D eigenvalue weighted by molar-refractivity contribution is 7.99. The van der Waals surface area contributed by atoms with Gasteiger partial charge in [0.15, 0.2) is 5.16 Å². The van der Waals surface area contributed by atoms with Crippen LogP contribution in [0.25, 0.3) is 0 Å². The molecular weight excluding hydrogens is 280 g/mol. The molecule has 1 heterocycles. The van der Waals surface area contributed by atoms with Gasteiger partial charge in [-0.05, 0) is 42.6 Å². The van der Waals surface area contributed by atoms with Gasteiger partial charge in [-0.2, -0.15) is 0 Å². The van der Waals surface area contributed by atoms with Gasteiger partial charge in [-0.1, -0.05) is 6.07 Å². The number of carboxylic acids is 1. The normalized spacial score (nSPS) is 10.4. The van der Waals surface area contributed by atoms with E-state index in [1.54, 1.807) is 24.5 Å². The lowest BCUT2D eigenvalue weighted by Crippen LogP contribution is -2.01. The Hall–Kier alpha value is -1.53. The molecule has 0 fully saturated rings. The van der Waals surface area contributed by atoms with Crippen LogP contribution < -0.4 is 0 Å². The quantitative estimate of drug-likeness (QED) is 0.688. The minimum Gasteiger partial charge on any atom is -0.478 e. The zero-order valence-electron chi connectivity index (χ0n) is 10.5. The van der Waals surface area contributed by atoms with Gasteiger partial charge in [-0.25, -0.2) is 14.8 Å². The van der Waals surface area contributed by atoms with Gasteiger partial charge in [-0.15, -0.1) is 11.8 Å². The molecule has 2 aromatic rings. The van der Waals surface area contributed by atoms with E-state index in [-0.39, 0.29) is 0 Å². The van der Waals surface area contributed by atoms with Crippen LogP contribution in [0.3, 0.4) is 0 Å². The zero-order valence-corrected chi connectivity index (χ0v) is 12.1. The Balaban J connectivity index is 2.39. The third-order valence-corrected chi connectivity index (χ3v) is 4.11. The smallest absolute Gasteiger partial charge is 0.337 e. The van der Waals surface area contributed by atoms with E-state index in [1.807, 2.05) is 19.2 Å². The maximum Gasteiger partial charge on any atom is 0.337 e. The predicted octanol–water partition coefficient (Wildman–Crippen LogP) is 3.36. The molecule has 0 aliphatic heterocycles. The topological polar surface area (TPSA) is 63.1 Å². The Labute approximate surface area is 119 Å². The minimum absolute atomic E-state index is 0.309. The summed E-state index contributed by atoms with van der Waals surface area (Å²) in [5.74, 6) is -0.931. The molecule has 0 radical (unpaired) electrons. The Bertz CT molecular complexity index is 600. The number of rotatable bonds is 4. The van der Waals surface area contributed by atoms with Crippen LogP contribution in [0.2, 0.25) is 0 Å². The second-order valence-electron chi connectivity index (χ2n) is 3.78. The second kappa shape index (κ2) is 6.08. The van der Waals surface area contributed by atoms with Gasteiger partial charge < -0.3 is 5.11 Å². The van der Waals surface area contributed by atoms with Crippen LogP contribution in [-0.4, -0.2) is 27.3 Å². The first-order valence-corrected chi connectivity index (χ1v) is 7.52. The highest BCUT2D eigenvalue weighted by Crippen LogP contribution is 2.33. The number of hydrogen-bond acceptors (Lipinski definition) is 5. The van der Waals surface area contributed by atoms with E-state index < -0.39 is 5.97 Å². The van der Waals surface area contributed by atoms with Gasteiger partial charge in [0.05, 0.1) is 5.56 Å². The lowest BCUT2D eigenvalue weighted by atomic mass is 10.2. The Kier molecular flexibility index (Phi) is 4.44. The molecule has 98 valence electrons. The molecular formula is C13H12N2O2S2. The van der Waals surface area contributed by atoms with Crippen LogP contribution in [0.15, 0.2) is 45.5 Å². The largest absolute Gasteiger partial charge is 0.478 e. The van der Waals surface area contributed by atoms with Crippen LogP contribution in [-0.2, 0) is 0 Å².